The maximum absolute atomic E-state index is 5.52. The SMILES string of the molecule is CCCN1CCO[C@H](C)[C@@H]1C. The lowest BCUT2D eigenvalue weighted by atomic mass is 10.1. The molecule has 1 aliphatic rings. The summed E-state index contributed by atoms with van der Waals surface area (Å²) < 4.78 is 5.52. The van der Waals surface area contributed by atoms with E-state index >= 15 is 0 Å². The van der Waals surface area contributed by atoms with Crippen molar-refractivity contribution in [1.82, 2.24) is 4.90 Å². The van der Waals surface area contributed by atoms with Crippen molar-refractivity contribution in [1.29, 1.82) is 0 Å². The van der Waals surface area contributed by atoms with Crippen LogP contribution in [0, 0.1) is 0 Å². The lowest BCUT2D eigenvalue weighted by Crippen LogP contribution is -2.48. The van der Waals surface area contributed by atoms with E-state index < -0.39 is 0 Å². The largest absolute Gasteiger partial charge is 0.376 e. The molecular formula is C9H19NO. The topological polar surface area (TPSA) is 12.5 Å². The quantitative estimate of drug-likeness (QED) is 0.602. The molecule has 0 N–H and O–H groups in total. The molecule has 0 aliphatic carbocycles. The highest BCUT2D eigenvalue weighted by Gasteiger charge is 2.23. The van der Waals surface area contributed by atoms with Crippen LogP contribution < -0.4 is 0 Å². The molecule has 1 fully saturated rings. The molecule has 1 aliphatic heterocycles. The maximum Gasteiger partial charge on any atom is 0.0700 e. The monoisotopic (exact) mass is 157 g/mol. The van der Waals surface area contributed by atoms with Gasteiger partial charge in [0.25, 0.3) is 0 Å². The fourth-order valence-corrected chi connectivity index (χ4v) is 1.60. The van der Waals surface area contributed by atoms with E-state index in [9.17, 15) is 0 Å². The summed E-state index contributed by atoms with van der Waals surface area (Å²) in [5.74, 6) is 0. The molecule has 0 saturated carbocycles. The number of rotatable bonds is 2. The van der Waals surface area contributed by atoms with Crippen molar-refractivity contribution >= 4 is 0 Å². The van der Waals surface area contributed by atoms with Gasteiger partial charge in [-0.3, -0.25) is 4.90 Å². The second-order valence-corrected chi connectivity index (χ2v) is 3.35. The van der Waals surface area contributed by atoms with Crippen molar-refractivity contribution in [2.24, 2.45) is 0 Å². The van der Waals surface area contributed by atoms with Gasteiger partial charge in [-0.2, -0.15) is 0 Å². The molecule has 0 bridgehead atoms. The highest BCUT2D eigenvalue weighted by atomic mass is 16.5. The van der Waals surface area contributed by atoms with Crippen LogP contribution in [-0.2, 0) is 4.74 Å². The Hall–Kier alpha value is -0.0800. The van der Waals surface area contributed by atoms with Crippen molar-refractivity contribution in [3.63, 3.8) is 0 Å². The lowest BCUT2D eigenvalue weighted by Gasteiger charge is -2.37. The first-order valence-corrected chi connectivity index (χ1v) is 4.61. The van der Waals surface area contributed by atoms with E-state index in [1.165, 1.54) is 13.0 Å². The Morgan fingerprint density at radius 2 is 2.18 bits per heavy atom. The maximum atomic E-state index is 5.52. The number of hydrogen-bond acceptors (Lipinski definition) is 2. The predicted octanol–water partition coefficient (Wildman–Crippen LogP) is 1.51. The van der Waals surface area contributed by atoms with Crippen molar-refractivity contribution < 1.29 is 4.74 Å². The molecule has 0 aromatic rings. The van der Waals surface area contributed by atoms with E-state index in [1.54, 1.807) is 0 Å². The molecule has 2 nitrogen and oxygen atoms in total. The van der Waals surface area contributed by atoms with Crippen molar-refractivity contribution in [2.45, 2.75) is 39.3 Å². The van der Waals surface area contributed by atoms with Crippen LogP contribution in [0.25, 0.3) is 0 Å². The number of ether oxygens (including phenoxy) is 1. The van der Waals surface area contributed by atoms with Crippen LogP contribution in [0.4, 0.5) is 0 Å². The molecular weight excluding hydrogens is 138 g/mol. The van der Waals surface area contributed by atoms with Crippen LogP contribution in [0.15, 0.2) is 0 Å². The fraction of sp³-hybridized carbons (Fsp3) is 1.00. The molecule has 1 saturated heterocycles. The third-order valence-electron chi connectivity index (χ3n) is 2.53. The third kappa shape index (κ3) is 2.17. The standard InChI is InChI=1S/C9H19NO/c1-4-5-10-6-7-11-9(3)8(10)2/h8-9H,4-7H2,1-3H3/t8-,9+/m0/s1. The number of morpholine rings is 1. The molecule has 0 aromatic heterocycles. The van der Waals surface area contributed by atoms with Crippen LogP contribution in [0.3, 0.4) is 0 Å². The zero-order valence-corrected chi connectivity index (χ0v) is 7.84. The summed E-state index contributed by atoms with van der Waals surface area (Å²) in [5, 5.41) is 0. The van der Waals surface area contributed by atoms with Gasteiger partial charge < -0.3 is 4.74 Å². The van der Waals surface area contributed by atoms with E-state index in [4.69, 9.17) is 4.74 Å². The van der Waals surface area contributed by atoms with E-state index in [0.717, 1.165) is 13.2 Å². The molecule has 0 aromatic carbocycles. The van der Waals surface area contributed by atoms with Gasteiger partial charge in [-0.25, -0.2) is 0 Å². The Labute approximate surface area is 69.5 Å². The first-order chi connectivity index (χ1) is 5.25. The minimum atomic E-state index is 0.412. The molecule has 2 atom stereocenters. The lowest BCUT2D eigenvalue weighted by molar-refractivity contribution is -0.0549. The summed E-state index contributed by atoms with van der Waals surface area (Å²) in [5.41, 5.74) is 0. The van der Waals surface area contributed by atoms with Crippen LogP contribution in [0.1, 0.15) is 27.2 Å². The third-order valence-corrected chi connectivity index (χ3v) is 2.53. The number of nitrogens with zero attached hydrogens (tertiary/aromatic N) is 1. The Balaban J connectivity index is 2.38. The van der Waals surface area contributed by atoms with Gasteiger partial charge in [0.1, 0.15) is 0 Å². The first-order valence-electron chi connectivity index (χ1n) is 4.61. The van der Waals surface area contributed by atoms with Gasteiger partial charge in [0.05, 0.1) is 12.7 Å². The summed E-state index contributed by atoms with van der Waals surface area (Å²) >= 11 is 0. The highest BCUT2D eigenvalue weighted by Crippen LogP contribution is 2.12. The Morgan fingerprint density at radius 3 is 2.82 bits per heavy atom. The van der Waals surface area contributed by atoms with Crippen molar-refractivity contribution in [2.75, 3.05) is 19.7 Å². The average Bonchev–Trinajstić information content (AvgIpc) is 1.99. The van der Waals surface area contributed by atoms with Gasteiger partial charge >= 0.3 is 0 Å². The molecule has 0 unspecified atom stereocenters. The van der Waals surface area contributed by atoms with Crippen LogP contribution >= 0.6 is 0 Å². The fourth-order valence-electron chi connectivity index (χ4n) is 1.60. The zero-order chi connectivity index (χ0) is 8.27. The molecule has 1 rings (SSSR count). The summed E-state index contributed by atoms with van der Waals surface area (Å²) in [6, 6.07) is 0.601. The predicted molar refractivity (Wildman–Crippen MR) is 46.7 cm³/mol. The van der Waals surface area contributed by atoms with Crippen LogP contribution in [-0.4, -0.2) is 36.7 Å². The van der Waals surface area contributed by atoms with Crippen LogP contribution in [0.2, 0.25) is 0 Å². The summed E-state index contributed by atoms with van der Waals surface area (Å²) in [4.78, 5) is 2.51. The molecule has 0 spiro atoms. The highest BCUT2D eigenvalue weighted by molar-refractivity contribution is 4.76. The van der Waals surface area contributed by atoms with Gasteiger partial charge in [0.15, 0.2) is 0 Å². The number of hydrogen-bond donors (Lipinski definition) is 0. The minimum Gasteiger partial charge on any atom is -0.376 e. The molecule has 0 amide bonds. The van der Waals surface area contributed by atoms with Crippen molar-refractivity contribution in [3.8, 4) is 0 Å². The summed E-state index contributed by atoms with van der Waals surface area (Å²) in [7, 11) is 0. The van der Waals surface area contributed by atoms with Gasteiger partial charge in [0, 0.05) is 12.6 Å². The minimum absolute atomic E-state index is 0.412. The average molecular weight is 157 g/mol. The van der Waals surface area contributed by atoms with Gasteiger partial charge in [-0.05, 0) is 26.8 Å². The van der Waals surface area contributed by atoms with E-state index in [2.05, 4.69) is 25.7 Å². The Bertz CT molecular complexity index is 114. The first kappa shape index (κ1) is 9.01. The Kier molecular flexibility index (Phi) is 3.34. The summed E-state index contributed by atoms with van der Waals surface area (Å²) in [6.07, 6.45) is 1.66. The smallest absolute Gasteiger partial charge is 0.0700 e. The normalized spacial score (nSPS) is 34.1. The second-order valence-electron chi connectivity index (χ2n) is 3.35. The van der Waals surface area contributed by atoms with Gasteiger partial charge in [0.2, 0.25) is 0 Å². The molecule has 0 radical (unpaired) electrons. The van der Waals surface area contributed by atoms with Gasteiger partial charge in [-0.15, -0.1) is 0 Å². The molecule has 11 heavy (non-hydrogen) atoms. The molecule has 1 heterocycles. The Morgan fingerprint density at radius 1 is 1.45 bits per heavy atom. The van der Waals surface area contributed by atoms with Crippen molar-refractivity contribution in [3.05, 3.63) is 0 Å². The zero-order valence-electron chi connectivity index (χ0n) is 7.84. The molecule has 2 heteroatoms. The molecule has 66 valence electrons. The van der Waals surface area contributed by atoms with E-state index in [0.29, 0.717) is 12.1 Å². The second kappa shape index (κ2) is 4.07. The van der Waals surface area contributed by atoms with E-state index in [1.807, 2.05) is 0 Å². The summed E-state index contributed by atoms with van der Waals surface area (Å²) in [6.45, 7) is 9.87. The van der Waals surface area contributed by atoms with E-state index in [-0.39, 0.29) is 0 Å². The van der Waals surface area contributed by atoms with Crippen LogP contribution in [0.5, 0.6) is 0 Å². The van der Waals surface area contributed by atoms with Gasteiger partial charge in [-0.1, -0.05) is 6.92 Å².